The number of likely N-dealkylation sites (tertiary alicyclic amines) is 1. The van der Waals surface area contributed by atoms with E-state index in [2.05, 4.69) is 5.32 Å². The van der Waals surface area contributed by atoms with E-state index in [-0.39, 0.29) is 43.2 Å². The Kier molecular flexibility index (Phi) is 6.43. The monoisotopic (exact) mass is 403 g/mol. The molecule has 3 rings (SSSR count). The molecule has 10 heteroatoms. The molecule has 2 N–H and O–H groups in total. The summed E-state index contributed by atoms with van der Waals surface area (Å²) in [5, 5.41) is 4.42. The minimum absolute atomic E-state index is 0.0885. The summed E-state index contributed by atoms with van der Waals surface area (Å²) in [7, 11) is 0. The topological polar surface area (TPSA) is 135 Å². The average molecular weight is 403 g/mol. The quantitative estimate of drug-likeness (QED) is 0.384. The Morgan fingerprint density at radius 3 is 2.45 bits per heavy atom. The maximum absolute atomic E-state index is 12.3. The van der Waals surface area contributed by atoms with Crippen LogP contribution in [0.1, 0.15) is 25.0 Å². The summed E-state index contributed by atoms with van der Waals surface area (Å²) in [5.74, 6) is -2.29. The zero-order chi connectivity index (χ0) is 20.8. The molecule has 0 unspecified atom stereocenters. The predicted octanol–water partition coefficient (Wildman–Crippen LogP) is 0.490. The summed E-state index contributed by atoms with van der Waals surface area (Å²) in [4.78, 5) is 60.7. The van der Waals surface area contributed by atoms with E-state index >= 15 is 0 Å². The molecule has 1 aliphatic heterocycles. The molecule has 0 radical (unpaired) electrons. The molecule has 5 amide bonds. The molecule has 1 aliphatic carbocycles. The summed E-state index contributed by atoms with van der Waals surface area (Å²) < 4.78 is 9.82. The van der Waals surface area contributed by atoms with Gasteiger partial charge in [-0.25, -0.2) is 4.79 Å². The van der Waals surface area contributed by atoms with Crippen LogP contribution in [-0.2, 0) is 30.5 Å². The lowest BCUT2D eigenvalue weighted by atomic mass is 9.85. The number of carbonyl (C=O) groups is 5. The molecule has 2 aliphatic rings. The Bertz CT molecular complexity index is 805. The van der Waals surface area contributed by atoms with Crippen LogP contribution in [0.2, 0.25) is 0 Å². The van der Waals surface area contributed by atoms with Crippen molar-refractivity contribution in [3.8, 4) is 0 Å². The lowest BCUT2D eigenvalue weighted by molar-refractivity contribution is -0.149. The summed E-state index contributed by atoms with van der Waals surface area (Å²) in [5.41, 5.74) is 0. The number of nitrogens with one attached hydrogen (secondary N) is 2. The number of ether oxygens (including phenoxy) is 1. The number of furan rings is 1. The van der Waals surface area contributed by atoms with E-state index in [0.29, 0.717) is 18.6 Å². The number of allylic oxidation sites excluding steroid dienone is 2. The van der Waals surface area contributed by atoms with Gasteiger partial charge in [0.2, 0.25) is 11.8 Å². The Labute approximate surface area is 166 Å². The largest absolute Gasteiger partial charge is 0.467 e. The highest BCUT2D eigenvalue weighted by Crippen LogP contribution is 2.34. The van der Waals surface area contributed by atoms with Gasteiger partial charge in [0.25, 0.3) is 5.91 Å². The Morgan fingerprint density at radius 2 is 1.83 bits per heavy atom. The number of carbonyl (C=O) groups excluding carboxylic acids is 5. The zero-order valence-electron chi connectivity index (χ0n) is 15.6. The molecule has 29 heavy (non-hydrogen) atoms. The number of fused-ring (bicyclic) bond motifs is 1. The second-order valence-corrected chi connectivity index (χ2v) is 6.70. The lowest BCUT2D eigenvalue weighted by Gasteiger charge is -2.14. The Morgan fingerprint density at radius 1 is 1.14 bits per heavy atom. The van der Waals surface area contributed by atoms with Crippen LogP contribution in [0.15, 0.2) is 35.0 Å². The van der Waals surface area contributed by atoms with E-state index in [4.69, 9.17) is 9.15 Å². The number of esters is 1. The molecule has 1 saturated heterocycles. The number of urea groups is 1. The normalized spacial score (nSPS) is 20.3. The third kappa shape index (κ3) is 5.09. The van der Waals surface area contributed by atoms with Gasteiger partial charge in [0.1, 0.15) is 5.76 Å². The first kappa shape index (κ1) is 20.3. The van der Waals surface area contributed by atoms with Crippen molar-refractivity contribution in [1.82, 2.24) is 15.5 Å². The molecule has 10 nitrogen and oxygen atoms in total. The van der Waals surface area contributed by atoms with Crippen LogP contribution in [0.5, 0.6) is 0 Å². The maximum Gasteiger partial charge on any atom is 0.321 e. The summed E-state index contributed by atoms with van der Waals surface area (Å²) in [6.07, 6.45) is 6.05. The van der Waals surface area contributed by atoms with Crippen molar-refractivity contribution in [3.05, 3.63) is 36.3 Å². The second kappa shape index (κ2) is 9.18. The minimum Gasteiger partial charge on any atom is -0.467 e. The molecule has 2 atom stereocenters. The van der Waals surface area contributed by atoms with Crippen molar-refractivity contribution in [2.45, 2.75) is 25.8 Å². The number of amides is 5. The van der Waals surface area contributed by atoms with Crippen LogP contribution in [-0.4, -0.2) is 47.8 Å². The van der Waals surface area contributed by atoms with Gasteiger partial charge in [-0.3, -0.25) is 29.4 Å². The molecule has 2 heterocycles. The van der Waals surface area contributed by atoms with Crippen molar-refractivity contribution in [2.24, 2.45) is 11.8 Å². The number of rotatable bonds is 7. The standard InChI is InChI=1S/C19H21N3O7/c23-15(21-19(27)20-10-12-4-3-9-28-12)11-29-16(24)7-8-22-17(25)13-5-1-2-6-14(13)18(22)26/h1-4,9,13-14H,5-8,10-11H2,(H2,20,21,23,27)/t13-,14-/m1/s1. The van der Waals surface area contributed by atoms with E-state index in [1.165, 1.54) is 6.26 Å². The van der Waals surface area contributed by atoms with Crippen molar-refractivity contribution < 1.29 is 33.1 Å². The van der Waals surface area contributed by atoms with Crippen LogP contribution in [0.3, 0.4) is 0 Å². The predicted molar refractivity (Wildman–Crippen MR) is 96.7 cm³/mol. The van der Waals surface area contributed by atoms with Gasteiger partial charge < -0.3 is 14.5 Å². The van der Waals surface area contributed by atoms with Gasteiger partial charge in [-0.2, -0.15) is 0 Å². The fourth-order valence-corrected chi connectivity index (χ4v) is 3.30. The van der Waals surface area contributed by atoms with Crippen molar-refractivity contribution in [3.63, 3.8) is 0 Å². The lowest BCUT2D eigenvalue weighted by Crippen LogP contribution is -2.41. The van der Waals surface area contributed by atoms with Crippen LogP contribution < -0.4 is 10.6 Å². The average Bonchev–Trinajstić information content (AvgIpc) is 3.31. The number of hydrogen-bond acceptors (Lipinski definition) is 7. The molecule has 1 fully saturated rings. The molecule has 0 spiro atoms. The first-order valence-electron chi connectivity index (χ1n) is 9.21. The SMILES string of the molecule is O=C(COC(=O)CCN1C(=O)[C@@H]2CC=CC[C@H]2C1=O)NC(=O)NCc1ccco1. The summed E-state index contributed by atoms with van der Waals surface area (Å²) >= 11 is 0. The van der Waals surface area contributed by atoms with Gasteiger partial charge in [0, 0.05) is 6.54 Å². The molecule has 0 saturated carbocycles. The van der Waals surface area contributed by atoms with Gasteiger partial charge in [0.15, 0.2) is 6.61 Å². The van der Waals surface area contributed by atoms with Crippen molar-refractivity contribution in [1.29, 1.82) is 0 Å². The maximum atomic E-state index is 12.3. The van der Waals surface area contributed by atoms with E-state index in [0.717, 1.165) is 4.90 Å². The molecule has 154 valence electrons. The van der Waals surface area contributed by atoms with Crippen LogP contribution >= 0.6 is 0 Å². The van der Waals surface area contributed by atoms with E-state index in [9.17, 15) is 24.0 Å². The van der Waals surface area contributed by atoms with E-state index in [1.54, 1.807) is 12.1 Å². The zero-order valence-corrected chi connectivity index (χ0v) is 15.6. The van der Waals surface area contributed by atoms with Crippen LogP contribution in [0.4, 0.5) is 4.79 Å². The highest BCUT2D eigenvalue weighted by atomic mass is 16.5. The third-order valence-electron chi connectivity index (χ3n) is 4.76. The van der Waals surface area contributed by atoms with Gasteiger partial charge in [-0.1, -0.05) is 12.2 Å². The molecule has 1 aromatic rings. The first-order valence-corrected chi connectivity index (χ1v) is 9.21. The van der Waals surface area contributed by atoms with Gasteiger partial charge in [-0.05, 0) is 25.0 Å². The van der Waals surface area contributed by atoms with Gasteiger partial charge in [-0.15, -0.1) is 0 Å². The number of hydrogen-bond donors (Lipinski definition) is 2. The summed E-state index contributed by atoms with van der Waals surface area (Å²) in [6, 6.07) is 2.56. The first-order chi connectivity index (χ1) is 14.0. The summed E-state index contributed by atoms with van der Waals surface area (Å²) in [6.45, 7) is -0.639. The molecular weight excluding hydrogens is 382 g/mol. The molecule has 1 aromatic heterocycles. The van der Waals surface area contributed by atoms with Crippen LogP contribution in [0, 0.1) is 11.8 Å². The second-order valence-electron chi connectivity index (χ2n) is 6.70. The van der Waals surface area contributed by atoms with Gasteiger partial charge in [0.05, 0.1) is 31.1 Å². The Hall–Kier alpha value is -3.43. The fourth-order valence-electron chi connectivity index (χ4n) is 3.30. The van der Waals surface area contributed by atoms with Crippen molar-refractivity contribution in [2.75, 3.05) is 13.2 Å². The number of imide groups is 2. The van der Waals surface area contributed by atoms with E-state index in [1.807, 2.05) is 17.5 Å². The van der Waals surface area contributed by atoms with Crippen LogP contribution in [0.25, 0.3) is 0 Å². The molecular formula is C19H21N3O7. The highest BCUT2D eigenvalue weighted by Gasteiger charge is 2.46. The third-order valence-corrected chi connectivity index (χ3v) is 4.76. The Balaban J connectivity index is 1.34. The highest BCUT2D eigenvalue weighted by molar-refractivity contribution is 6.05. The smallest absolute Gasteiger partial charge is 0.321 e. The number of nitrogens with zero attached hydrogens (tertiary/aromatic N) is 1. The van der Waals surface area contributed by atoms with Gasteiger partial charge >= 0.3 is 12.0 Å². The minimum atomic E-state index is -0.805. The fraction of sp³-hybridized carbons (Fsp3) is 0.421. The molecule has 0 bridgehead atoms. The molecule has 0 aromatic carbocycles. The van der Waals surface area contributed by atoms with E-state index < -0.39 is 24.5 Å². The van der Waals surface area contributed by atoms with Crippen molar-refractivity contribution >= 4 is 29.7 Å².